The first-order chi connectivity index (χ1) is 8.29. The highest BCUT2D eigenvalue weighted by molar-refractivity contribution is 5.28. The van der Waals surface area contributed by atoms with Crippen molar-refractivity contribution in [3.8, 4) is 0 Å². The van der Waals surface area contributed by atoms with Gasteiger partial charge in [0, 0.05) is 18.3 Å². The van der Waals surface area contributed by atoms with Crippen molar-refractivity contribution in [2.45, 2.75) is 19.3 Å². The third-order valence-electron chi connectivity index (χ3n) is 3.01. The van der Waals surface area contributed by atoms with Crippen molar-refractivity contribution in [3.63, 3.8) is 0 Å². The van der Waals surface area contributed by atoms with Crippen molar-refractivity contribution >= 4 is 0 Å². The van der Waals surface area contributed by atoms with Crippen molar-refractivity contribution in [1.82, 2.24) is 4.98 Å². The summed E-state index contributed by atoms with van der Waals surface area (Å²) in [4.78, 5) is 4.33. The summed E-state index contributed by atoms with van der Waals surface area (Å²) in [6.07, 6.45) is 2.72. The van der Waals surface area contributed by atoms with E-state index in [-0.39, 0.29) is 0 Å². The van der Waals surface area contributed by atoms with Crippen molar-refractivity contribution in [2.24, 2.45) is 5.73 Å². The number of hydrogen-bond acceptors (Lipinski definition) is 2. The summed E-state index contributed by atoms with van der Waals surface area (Å²) in [5, 5.41) is 0. The topological polar surface area (TPSA) is 38.9 Å². The third kappa shape index (κ3) is 3.14. The van der Waals surface area contributed by atoms with Crippen LogP contribution in [0.2, 0.25) is 0 Å². The molecule has 0 saturated carbocycles. The summed E-state index contributed by atoms with van der Waals surface area (Å²) < 4.78 is 0. The summed E-state index contributed by atoms with van der Waals surface area (Å²) in [5.41, 5.74) is 9.35. The van der Waals surface area contributed by atoms with Gasteiger partial charge in [-0.15, -0.1) is 0 Å². The van der Waals surface area contributed by atoms with E-state index in [1.54, 1.807) is 0 Å². The molecule has 0 aliphatic carbocycles. The predicted octanol–water partition coefficient (Wildman–Crippen LogP) is 2.73. The monoisotopic (exact) mass is 226 g/mol. The van der Waals surface area contributed by atoms with Gasteiger partial charge in [-0.2, -0.15) is 0 Å². The fraction of sp³-hybridized carbons (Fsp3) is 0.267. The van der Waals surface area contributed by atoms with Gasteiger partial charge in [-0.05, 0) is 35.7 Å². The van der Waals surface area contributed by atoms with Gasteiger partial charge in [-0.25, -0.2) is 0 Å². The smallest absolute Gasteiger partial charge is 0.0447 e. The molecule has 2 nitrogen and oxygen atoms in total. The van der Waals surface area contributed by atoms with Crippen LogP contribution in [0.15, 0.2) is 48.7 Å². The van der Waals surface area contributed by atoms with Gasteiger partial charge < -0.3 is 5.73 Å². The minimum absolute atomic E-state index is 0.430. The molecule has 1 aromatic heterocycles. The van der Waals surface area contributed by atoms with Crippen LogP contribution in [0.1, 0.15) is 29.7 Å². The van der Waals surface area contributed by atoms with E-state index < -0.39 is 0 Å². The van der Waals surface area contributed by atoms with Crippen LogP contribution >= 0.6 is 0 Å². The van der Waals surface area contributed by atoms with Gasteiger partial charge in [0.1, 0.15) is 0 Å². The molecule has 0 radical (unpaired) electrons. The number of benzene rings is 1. The van der Waals surface area contributed by atoms with Gasteiger partial charge in [0.25, 0.3) is 0 Å². The van der Waals surface area contributed by atoms with Gasteiger partial charge in [0.15, 0.2) is 0 Å². The lowest BCUT2D eigenvalue weighted by Crippen LogP contribution is -2.08. The maximum Gasteiger partial charge on any atom is 0.0447 e. The van der Waals surface area contributed by atoms with Crippen molar-refractivity contribution in [2.75, 3.05) is 6.54 Å². The molecule has 1 atom stereocenters. The minimum atomic E-state index is 0.430. The minimum Gasteiger partial charge on any atom is -0.330 e. The van der Waals surface area contributed by atoms with Gasteiger partial charge >= 0.3 is 0 Å². The molecule has 17 heavy (non-hydrogen) atoms. The molecule has 1 heterocycles. The Labute approximate surface area is 103 Å². The maximum atomic E-state index is 5.66. The first-order valence-corrected chi connectivity index (χ1v) is 5.98. The van der Waals surface area contributed by atoms with E-state index >= 15 is 0 Å². The molecule has 2 rings (SSSR count). The second-order valence-corrected chi connectivity index (χ2v) is 4.38. The summed E-state index contributed by atoms with van der Waals surface area (Å²) in [6.45, 7) is 2.84. The largest absolute Gasteiger partial charge is 0.330 e. The lowest BCUT2D eigenvalue weighted by Gasteiger charge is -2.09. The summed E-state index contributed by atoms with van der Waals surface area (Å²) in [6, 6.07) is 14.7. The second-order valence-electron chi connectivity index (χ2n) is 4.38. The van der Waals surface area contributed by atoms with Crippen molar-refractivity contribution < 1.29 is 0 Å². The molecule has 0 amide bonds. The van der Waals surface area contributed by atoms with Gasteiger partial charge in [0.2, 0.25) is 0 Å². The molecule has 88 valence electrons. The standard InChI is InChI=1S/C15H18N2/c1-12(11-16)14-7-5-13(6-8-14)10-15-4-2-3-9-17-15/h2-9,12H,10-11,16H2,1H3. The third-order valence-corrected chi connectivity index (χ3v) is 3.01. The fourth-order valence-corrected chi connectivity index (χ4v) is 1.81. The fourth-order valence-electron chi connectivity index (χ4n) is 1.81. The molecular weight excluding hydrogens is 208 g/mol. The van der Waals surface area contributed by atoms with E-state index in [1.165, 1.54) is 11.1 Å². The molecular formula is C15H18N2. The first-order valence-electron chi connectivity index (χ1n) is 5.98. The number of hydrogen-bond donors (Lipinski definition) is 1. The molecule has 1 unspecified atom stereocenters. The Bertz CT molecular complexity index is 448. The average molecular weight is 226 g/mol. The van der Waals surface area contributed by atoms with Crippen LogP contribution in [-0.2, 0) is 6.42 Å². The summed E-state index contributed by atoms with van der Waals surface area (Å²) >= 11 is 0. The predicted molar refractivity (Wildman–Crippen MR) is 71.0 cm³/mol. The number of nitrogens with two attached hydrogens (primary N) is 1. The SMILES string of the molecule is CC(CN)c1ccc(Cc2ccccn2)cc1. The van der Waals surface area contributed by atoms with Crippen LogP contribution in [-0.4, -0.2) is 11.5 Å². The Morgan fingerprint density at radius 3 is 2.47 bits per heavy atom. The number of aromatic nitrogens is 1. The van der Waals surface area contributed by atoms with E-state index in [4.69, 9.17) is 5.73 Å². The first kappa shape index (κ1) is 11.8. The van der Waals surface area contributed by atoms with Gasteiger partial charge in [0.05, 0.1) is 0 Å². The Hall–Kier alpha value is -1.67. The Kier molecular flexibility index (Phi) is 3.89. The zero-order chi connectivity index (χ0) is 12.1. The Morgan fingerprint density at radius 2 is 1.88 bits per heavy atom. The summed E-state index contributed by atoms with van der Waals surface area (Å²) in [5.74, 6) is 0.430. The Morgan fingerprint density at radius 1 is 1.12 bits per heavy atom. The molecule has 0 aliphatic heterocycles. The van der Waals surface area contributed by atoms with Crippen LogP contribution in [0, 0.1) is 0 Å². The van der Waals surface area contributed by atoms with E-state index in [2.05, 4.69) is 42.2 Å². The zero-order valence-electron chi connectivity index (χ0n) is 10.1. The van der Waals surface area contributed by atoms with E-state index in [0.717, 1.165) is 12.1 Å². The van der Waals surface area contributed by atoms with Crippen LogP contribution < -0.4 is 5.73 Å². The van der Waals surface area contributed by atoms with Crippen LogP contribution in [0.4, 0.5) is 0 Å². The molecule has 0 aliphatic rings. The van der Waals surface area contributed by atoms with Gasteiger partial charge in [-0.1, -0.05) is 37.3 Å². The molecule has 0 fully saturated rings. The highest BCUT2D eigenvalue weighted by atomic mass is 14.7. The highest BCUT2D eigenvalue weighted by Crippen LogP contribution is 2.15. The molecule has 2 N–H and O–H groups in total. The quantitative estimate of drug-likeness (QED) is 0.870. The second kappa shape index (κ2) is 5.60. The van der Waals surface area contributed by atoms with E-state index in [0.29, 0.717) is 12.5 Å². The molecule has 0 spiro atoms. The average Bonchev–Trinajstić information content (AvgIpc) is 2.40. The summed E-state index contributed by atoms with van der Waals surface area (Å²) in [7, 11) is 0. The van der Waals surface area contributed by atoms with Crippen molar-refractivity contribution in [3.05, 3.63) is 65.5 Å². The Balaban J connectivity index is 2.08. The van der Waals surface area contributed by atoms with Gasteiger partial charge in [-0.3, -0.25) is 4.98 Å². The normalized spacial score (nSPS) is 12.4. The maximum absolute atomic E-state index is 5.66. The molecule has 2 aromatic rings. The van der Waals surface area contributed by atoms with E-state index in [9.17, 15) is 0 Å². The highest BCUT2D eigenvalue weighted by Gasteiger charge is 2.03. The van der Waals surface area contributed by atoms with Crippen LogP contribution in [0.5, 0.6) is 0 Å². The molecule has 2 heteroatoms. The van der Waals surface area contributed by atoms with Crippen LogP contribution in [0.25, 0.3) is 0 Å². The number of nitrogens with zero attached hydrogens (tertiary/aromatic N) is 1. The molecule has 0 saturated heterocycles. The molecule has 1 aromatic carbocycles. The number of rotatable bonds is 4. The molecule has 0 bridgehead atoms. The number of pyridine rings is 1. The zero-order valence-corrected chi connectivity index (χ0v) is 10.1. The lowest BCUT2D eigenvalue weighted by molar-refractivity contribution is 0.773. The van der Waals surface area contributed by atoms with E-state index in [1.807, 2.05) is 18.3 Å². The van der Waals surface area contributed by atoms with Crippen molar-refractivity contribution in [1.29, 1.82) is 0 Å². The van der Waals surface area contributed by atoms with Crippen LogP contribution in [0.3, 0.4) is 0 Å². The lowest BCUT2D eigenvalue weighted by atomic mass is 9.99.